The number of carbonyl (C=O) groups excluding carboxylic acids is 1. The van der Waals surface area contributed by atoms with Crippen molar-refractivity contribution in [3.05, 3.63) is 23.2 Å². The lowest BCUT2D eigenvalue weighted by atomic mass is 9.74. The van der Waals surface area contributed by atoms with Crippen molar-refractivity contribution in [1.82, 2.24) is 15.3 Å². The molecule has 0 spiro atoms. The van der Waals surface area contributed by atoms with Gasteiger partial charge in [-0.2, -0.15) is 13.2 Å². The third-order valence-electron chi connectivity index (χ3n) is 4.15. The lowest BCUT2D eigenvalue weighted by Gasteiger charge is -2.34. The summed E-state index contributed by atoms with van der Waals surface area (Å²) in [7, 11) is 0. The number of rotatable bonds is 3. The first-order valence-corrected chi connectivity index (χ1v) is 7.46. The van der Waals surface area contributed by atoms with Gasteiger partial charge in [0, 0.05) is 18.3 Å². The molecule has 1 N–H and O–H groups in total. The Balaban J connectivity index is 1.97. The van der Waals surface area contributed by atoms with Crippen molar-refractivity contribution in [3.63, 3.8) is 0 Å². The zero-order valence-electron chi connectivity index (χ0n) is 12.0. The van der Waals surface area contributed by atoms with Crippen molar-refractivity contribution < 1.29 is 18.0 Å². The third kappa shape index (κ3) is 4.09. The first-order chi connectivity index (χ1) is 10.3. The first-order valence-electron chi connectivity index (χ1n) is 7.09. The molecule has 1 fully saturated rings. The Morgan fingerprint density at radius 3 is 2.68 bits per heavy atom. The molecule has 0 bridgehead atoms. The second-order valence-electron chi connectivity index (χ2n) is 5.65. The summed E-state index contributed by atoms with van der Waals surface area (Å²) in [6.45, 7) is 1.87. The van der Waals surface area contributed by atoms with Crippen LogP contribution in [0.4, 0.5) is 13.2 Å². The SMILES string of the molecule is CC1CCC(C(F)(F)F)CC1C(=O)NCc1nccnc1Cl. The van der Waals surface area contributed by atoms with Gasteiger partial charge < -0.3 is 5.32 Å². The van der Waals surface area contributed by atoms with Crippen molar-refractivity contribution >= 4 is 17.5 Å². The second kappa shape index (κ2) is 6.81. The van der Waals surface area contributed by atoms with Gasteiger partial charge in [0.15, 0.2) is 5.15 Å². The van der Waals surface area contributed by atoms with Gasteiger partial charge in [0.1, 0.15) is 0 Å². The van der Waals surface area contributed by atoms with E-state index in [1.807, 2.05) is 6.92 Å². The Bertz CT molecular complexity index is 538. The predicted octanol–water partition coefficient (Wildman–Crippen LogP) is 3.36. The molecule has 1 aromatic rings. The van der Waals surface area contributed by atoms with E-state index in [1.54, 1.807) is 0 Å². The normalized spacial score (nSPS) is 25.8. The number of nitrogens with one attached hydrogen (secondary N) is 1. The molecule has 1 saturated carbocycles. The quantitative estimate of drug-likeness (QED) is 0.921. The lowest BCUT2D eigenvalue weighted by molar-refractivity contribution is -0.189. The van der Waals surface area contributed by atoms with Gasteiger partial charge in [0.05, 0.1) is 18.2 Å². The van der Waals surface area contributed by atoms with Crippen molar-refractivity contribution in [2.75, 3.05) is 0 Å². The van der Waals surface area contributed by atoms with Crippen molar-refractivity contribution in [2.45, 2.75) is 38.9 Å². The minimum Gasteiger partial charge on any atom is -0.350 e. The Hall–Kier alpha value is -1.37. The van der Waals surface area contributed by atoms with Crippen molar-refractivity contribution in [1.29, 1.82) is 0 Å². The van der Waals surface area contributed by atoms with Crippen molar-refractivity contribution in [2.24, 2.45) is 17.8 Å². The highest BCUT2D eigenvalue weighted by Gasteiger charge is 2.45. The summed E-state index contributed by atoms with van der Waals surface area (Å²) in [6.07, 6.45) is -1.06. The standard InChI is InChI=1S/C14H17ClF3N3O/c1-8-2-3-9(14(16,17)18)6-10(8)13(22)21-7-11-12(15)20-5-4-19-11/h4-5,8-10H,2-3,6-7H2,1H3,(H,21,22). The zero-order chi connectivity index (χ0) is 16.3. The highest BCUT2D eigenvalue weighted by atomic mass is 35.5. The van der Waals surface area contributed by atoms with Gasteiger partial charge in [-0.3, -0.25) is 9.78 Å². The molecule has 1 aromatic heterocycles. The number of hydrogen-bond acceptors (Lipinski definition) is 3. The molecule has 3 atom stereocenters. The maximum absolute atomic E-state index is 12.8. The van der Waals surface area contributed by atoms with Gasteiger partial charge in [0.25, 0.3) is 0 Å². The van der Waals surface area contributed by atoms with Crippen LogP contribution in [0.25, 0.3) is 0 Å². The molecule has 3 unspecified atom stereocenters. The van der Waals surface area contributed by atoms with Gasteiger partial charge >= 0.3 is 6.18 Å². The molecule has 1 heterocycles. The maximum Gasteiger partial charge on any atom is 0.391 e. The van der Waals surface area contributed by atoms with Gasteiger partial charge in [-0.05, 0) is 25.2 Å². The van der Waals surface area contributed by atoms with Crippen LogP contribution < -0.4 is 5.32 Å². The number of amides is 1. The Labute approximate surface area is 131 Å². The van der Waals surface area contributed by atoms with Crippen LogP contribution in [0.1, 0.15) is 31.9 Å². The highest BCUT2D eigenvalue weighted by Crippen LogP contribution is 2.42. The average Bonchev–Trinajstić information content (AvgIpc) is 2.45. The van der Waals surface area contributed by atoms with Gasteiger partial charge in [-0.15, -0.1) is 0 Å². The van der Waals surface area contributed by atoms with Crippen LogP contribution in [0.15, 0.2) is 12.4 Å². The summed E-state index contributed by atoms with van der Waals surface area (Å²) < 4.78 is 38.5. The Morgan fingerprint density at radius 2 is 2.05 bits per heavy atom. The fraction of sp³-hybridized carbons (Fsp3) is 0.643. The largest absolute Gasteiger partial charge is 0.391 e. The van der Waals surface area contributed by atoms with E-state index in [1.165, 1.54) is 12.4 Å². The van der Waals surface area contributed by atoms with E-state index in [-0.39, 0.29) is 36.4 Å². The molecule has 0 saturated heterocycles. The molecule has 0 aromatic carbocycles. The van der Waals surface area contributed by atoms with Crippen LogP contribution in [0.2, 0.25) is 5.15 Å². The Morgan fingerprint density at radius 1 is 1.36 bits per heavy atom. The van der Waals surface area contributed by atoms with E-state index in [0.29, 0.717) is 12.1 Å². The van der Waals surface area contributed by atoms with Crippen molar-refractivity contribution in [3.8, 4) is 0 Å². The molecular weight excluding hydrogens is 319 g/mol. The summed E-state index contributed by atoms with van der Waals surface area (Å²) in [5, 5.41) is 2.79. The van der Waals surface area contributed by atoms with Gasteiger partial charge in [-0.25, -0.2) is 4.98 Å². The van der Waals surface area contributed by atoms with Gasteiger partial charge in [0.2, 0.25) is 5.91 Å². The predicted molar refractivity (Wildman–Crippen MR) is 74.9 cm³/mol. The van der Waals surface area contributed by atoms with E-state index in [0.717, 1.165) is 0 Å². The van der Waals surface area contributed by atoms with Crippen LogP contribution in [-0.2, 0) is 11.3 Å². The van der Waals surface area contributed by atoms with E-state index < -0.39 is 18.0 Å². The molecular formula is C14H17ClF3N3O. The molecule has 1 aliphatic carbocycles. The fourth-order valence-electron chi connectivity index (χ4n) is 2.76. The van der Waals surface area contributed by atoms with Crippen LogP contribution in [-0.4, -0.2) is 22.1 Å². The first kappa shape index (κ1) is 17.0. The molecule has 1 amide bonds. The zero-order valence-corrected chi connectivity index (χ0v) is 12.8. The summed E-state index contributed by atoms with van der Waals surface area (Å²) in [4.78, 5) is 20.0. The molecule has 2 rings (SSSR count). The molecule has 4 nitrogen and oxygen atoms in total. The van der Waals surface area contributed by atoms with Gasteiger partial charge in [-0.1, -0.05) is 18.5 Å². The number of halogens is 4. The molecule has 8 heteroatoms. The monoisotopic (exact) mass is 335 g/mol. The summed E-state index contributed by atoms with van der Waals surface area (Å²) in [6, 6.07) is 0. The molecule has 0 radical (unpaired) electrons. The lowest BCUT2D eigenvalue weighted by Crippen LogP contribution is -2.40. The van der Waals surface area contributed by atoms with Crippen LogP contribution in [0.5, 0.6) is 0 Å². The number of carbonyl (C=O) groups is 1. The smallest absolute Gasteiger partial charge is 0.350 e. The molecule has 122 valence electrons. The average molecular weight is 336 g/mol. The molecule has 22 heavy (non-hydrogen) atoms. The maximum atomic E-state index is 12.8. The third-order valence-corrected chi connectivity index (χ3v) is 4.46. The topological polar surface area (TPSA) is 54.9 Å². The molecule has 1 aliphatic rings. The minimum atomic E-state index is -4.24. The van der Waals surface area contributed by atoms with E-state index >= 15 is 0 Å². The van der Waals surface area contributed by atoms with Crippen LogP contribution in [0.3, 0.4) is 0 Å². The number of alkyl halides is 3. The summed E-state index contributed by atoms with van der Waals surface area (Å²) in [5.74, 6) is -2.51. The van der Waals surface area contributed by atoms with E-state index in [4.69, 9.17) is 11.6 Å². The van der Waals surface area contributed by atoms with Crippen LogP contribution >= 0.6 is 11.6 Å². The highest BCUT2D eigenvalue weighted by molar-refractivity contribution is 6.29. The number of aromatic nitrogens is 2. The second-order valence-corrected chi connectivity index (χ2v) is 6.01. The molecule has 0 aliphatic heterocycles. The minimum absolute atomic E-state index is 0.0609. The number of hydrogen-bond donors (Lipinski definition) is 1. The Kier molecular flexibility index (Phi) is 5.26. The number of nitrogens with zero attached hydrogens (tertiary/aromatic N) is 2. The van der Waals surface area contributed by atoms with E-state index in [2.05, 4.69) is 15.3 Å². The van der Waals surface area contributed by atoms with Crippen LogP contribution in [0, 0.1) is 17.8 Å². The summed E-state index contributed by atoms with van der Waals surface area (Å²) >= 11 is 5.83. The summed E-state index contributed by atoms with van der Waals surface area (Å²) in [5.41, 5.74) is 0.397. The fourth-order valence-corrected chi connectivity index (χ4v) is 2.93. The van der Waals surface area contributed by atoms with E-state index in [9.17, 15) is 18.0 Å².